The molecule has 0 spiro atoms. The Bertz CT molecular complexity index is 1120. The third kappa shape index (κ3) is 5.14. The van der Waals surface area contributed by atoms with Gasteiger partial charge in [-0.2, -0.15) is 4.98 Å². The zero-order valence-corrected chi connectivity index (χ0v) is 20.7. The summed E-state index contributed by atoms with van der Waals surface area (Å²) < 4.78 is 7.83. The molecular weight excluding hydrogens is 450 g/mol. The van der Waals surface area contributed by atoms with Crippen molar-refractivity contribution >= 4 is 40.3 Å². The largest absolute Gasteiger partial charge is 0.381 e. The van der Waals surface area contributed by atoms with Crippen LogP contribution in [0.25, 0.3) is 11.2 Å². The minimum atomic E-state index is -0.0656. The van der Waals surface area contributed by atoms with Gasteiger partial charge in [0.15, 0.2) is 5.65 Å². The van der Waals surface area contributed by atoms with Crippen molar-refractivity contribution < 1.29 is 4.74 Å². The maximum atomic E-state index is 6.24. The molecule has 8 nitrogen and oxygen atoms in total. The first-order chi connectivity index (χ1) is 16.5. The number of nitrogens with one attached hydrogen (secondary N) is 3. The lowest BCUT2D eigenvalue weighted by atomic mass is 9.86. The van der Waals surface area contributed by atoms with Crippen LogP contribution < -0.4 is 16.0 Å². The van der Waals surface area contributed by atoms with Crippen molar-refractivity contribution in [1.29, 1.82) is 0 Å². The summed E-state index contributed by atoms with van der Waals surface area (Å²) in [5.74, 6) is 2.16. The highest BCUT2D eigenvalue weighted by Gasteiger charge is 2.30. The molecular formula is C25H34ClN7O. The first-order valence-electron chi connectivity index (χ1n) is 12.3. The van der Waals surface area contributed by atoms with Crippen LogP contribution in [-0.4, -0.2) is 51.9 Å². The number of aromatic nitrogens is 4. The number of hydrogen-bond acceptors (Lipinski definition) is 7. The van der Waals surface area contributed by atoms with Gasteiger partial charge in [0.2, 0.25) is 11.9 Å². The Morgan fingerprint density at radius 1 is 1.15 bits per heavy atom. The molecule has 1 aromatic carbocycles. The number of fused-ring (bicyclic) bond motifs is 1. The van der Waals surface area contributed by atoms with E-state index >= 15 is 0 Å². The minimum absolute atomic E-state index is 0.0656. The molecule has 1 saturated carbocycles. The van der Waals surface area contributed by atoms with Crippen molar-refractivity contribution in [3.05, 3.63) is 35.5 Å². The summed E-state index contributed by atoms with van der Waals surface area (Å²) in [6.07, 6.45) is 8.29. The van der Waals surface area contributed by atoms with E-state index in [9.17, 15) is 0 Å². The van der Waals surface area contributed by atoms with E-state index < -0.39 is 0 Å². The Kier molecular flexibility index (Phi) is 6.90. The van der Waals surface area contributed by atoms with E-state index in [0.29, 0.717) is 17.0 Å². The van der Waals surface area contributed by atoms with Gasteiger partial charge in [-0.25, -0.2) is 9.97 Å². The summed E-state index contributed by atoms with van der Waals surface area (Å²) in [7, 11) is 2.03. The van der Waals surface area contributed by atoms with Gasteiger partial charge in [0, 0.05) is 35.5 Å². The molecule has 3 aromatic rings. The maximum absolute atomic E-state index is 6.24. The quantitative estimate of drug-likeness (QED) is 0.428. The van der Waals surface area contributed by atoms with Gasteiger partial charge < -0.3 is 20.7 Å². The van der Waals surface area contributed by atoms with E-state index in [1.165, 1.54) is 12.8 Å². The van der Waals surface area contributed by atoms with E-state index in [-0.39, 0.29) is 5.54 Å². The van der Waals surface area contributed by atoms with Crippen LogP contribution in [0.1, 0.15) is 51.5 Å². The standard InChI is InChI=1S/C25H34ClN7O/c1-25(10-12-34-13-11-25)32-23-28-16-21-22(31-23)33(20-8-6-17(7-9-20)15-27-2)24(30-21)29-19-5-3-4-18(26)14-19/h3-5,14,16-17,20,27H,6-13,15H2,1-2H3,(H,29,30)(H,28,31,32)/t17-,20+. The van der Waals surface area contributed by atoms with Gasteiger partial charge in [0.05, 0.1) is 6.20 Å². The fourth-order valence-corrected chi connectivity index (χ4v) is 5.38. The van der Waals surface area contributed by atoms with Crippen LogP contribution in [0.4, 0.5) is 17.6 Å². The zero-order valence-electron chi connectivity index (χ0n) is 20.0. The molecule has 2 aromatic heterocycles. The number of ether oxygens (including phenoxy) is 1. The molecule has 182 valence electrons. The second-order valence-electron chi connectivity index (χ2n) is 9.87. The number of benzene rings is 1. The van der Waals surface area contributed by atoms with E-state index in [1.807, 2.05) is 37.5 Å². The second kappa shape index (κ2) is 10.1. The Balaban J connectivity index is 1.49. The molecule has 3 heterocycles. The molecule has 0 radical (unpaired) electrons. The molecule has 0 amide bonds. The SMILES string of the molecule is CNC[C@H]1CC[C@@H](n2c(Nc3cccc(Cl)c3)nc3cnc(NC4(C)CCOCC4)nc32)CC1. The molecule has 1 aliphatic carbocycles. The van der Waals surface area contributed by atoms with Crippen molar-refractivity contribution in [2.45, 2.75) is 57.0 Å². The summed E-state index contributed by atoms with van der Waals surface area (Å²) >= 11 is 6.24. The average molecular weight is 484 g/mol. The van der Waals surface area contributed by atoms with E-state index in [1.54, 1.807) is 0 Å². The lowest BCUT2D eigenvalue weighted by Gasteiger charge is -2.34. The Morgan fingerprint density at radius 2 is 1.94 bits per heavy atom. The molecule has 2 fully saturated rings. The Morgan fingerprint density at radius 3 is 2.68 bits per heavy atom. The van der Waals surface area contributed by atoms with Gasteiger partial charge in [0.1, 0.15) is 5.52 Å². The van der Waals surface area contributed by atoms with Crippen LogP contribution in [0.3, 0.4) is 0 Å². The van der Waals surface area contributed by atoms with Gasteiger partial charge in [-0.1, -0.05) is 17.7 Å². The van der Waals surface area contributed by atoms with Crippen LogP contribution in [0, 0.1) is 5.92 Å². The highest BCUT2D eigenvalue weighted by Crippen LogP contribution is 2.37. The fourth-order valence-electron chi connectivity index (χ4n) is 5.19. The molecule has 0 atom stereocenters. The Hall–Kier alpha value is -2.42. The topological polar surface area (TPSA) is 88.9 Å². The molecule has 1 saturated heterocycles. The number of imidazole rings is 1. The monoisotopic (exact) mass is 483 g/mol. The molecule has 9 heteroatoms. The van der Waals surface area contributed by atoms with Gasteiger partial charge >= 0.3 is 0 Å². The van der Waals surface area contributed by atoms with Crippen LogP contribution >= 0.6 is 11.6 Å². The number of hydrogen-bond donors (Lipinski definition) is 3. The van der Waals surface area contributed by atoms with Gasteiger partial charge in [-0.05, 0) is 83.2 Å². The first kappa shape index (κ1) is 23.3. The van der Waals surface area contributed by atoms with Crippen molar-refractivity contribution in [2.24, 2.45) is 5.92 Å². The van der Waals surface area contributed by atoms with E-state index in [0.717, 1.165) is 74.2 Å². The van der Waals surface area contributed by atoms with Crippen LogP contribution in [-0.2, 0) is 4.74 Å². The maximum Gasteiger partial charge on any atom is 0.225 e. The Labute approximate surface area is 205 Å². The molecule has 0 bridgehead atoms. The van der Waals surface area contributed by atoms with E-state index in [4.69, 9.17) is 26.3 Å². The smallest absolute Gasteiger partial charge is 0.225 e. The summed E-state index contributed by atoms with van der Waals surface area (Å²) in [6.45, 7) is 4.81. The number of halogens is 1. The predicted molar refractivity (Wildman–Crippen MR) is 137 cm³/mol. The fraction of sp³-hybridized carbons (Fsp3) is 0.560. The number of nitrogens with zero attached hydrogens (tertiary/aromatic N) is 4. The van der Waals surface area contributed by atoms with E-state index in [2.05, 4.69) is 32.4 Å². The normalized spacial score (nSPS) is 22.6. The average Bonchev–Trinajstić information content (AvgIpc) is 3.17. The molecule has 3 N–H and O–H groups in total. The third-order valence-electron chi connectivity index (χ3n) is 7.20. The van der Waals surface area contributed by atoms with Crippen LogP contribution in [0.15, 0.2) is 30.5 Å². The lowest BCUT2D eigenvalue weighted by Crippen LogP contribution is -2.41. The third-order valence-corrected chi connectivity index (χ3v) is 7.43. The lowest BCUT2D eigenvalue weighted by molar-refractivity contribution is 0.0656. The summed E-state index contributed by atoms with van der Waals surface area (Å²) in [5.41, 5.74) is 2.51. The molecule has 34 heavy (non-hydrogen) atoms. The molecule has 5 rings (SSSR count). The minimum Gasteiger partial charge on any atom is -0.381 e. The second-order valence-corrected chi connectivity index (χ2v) is 10.3. The number of anilines is 3. The molecule has 0 unspecified atom stereocenters. The summed E-state index contributed by atoms with van der Waals surface area (Å²) in [6, 6.07) is 8.07. The van der Waals surface area contributed by atoms with Crippen molar-refractivity contribution in [3.8, 4) is 0 Å². The van der Waals surface area contributed by atoms with Gasteiger partial charge in [-0.3, -0.25) is 4.57 Å². The van der Waals surface area contributed by atoms with Crippen molar-refractivity contribution in [1.82, 2.24) is 24.8 Å². The van der Waals surface area contributed by atoms with Crippen LogP contribution in [0.2, 0.25) is 5.02 Å². The summed E-state index contributed by atoms with van der Waals surface area (Å²) in [5, 5.41) is 11.1. The highest BCUT2D eigenvalue weighted by molar-refractivity contribution is 6.30. The first-order valence-corrected chi connectivity index (χ1v) is 12.7. The number of rotatable bonds is 7. The zero-order chi connectivity index (χ0) is 23.5. The van der Waals surface area contributed by atoms with Crippen molar-refractivity contribution in [2.75, 3.05) is 37.4 Å². The molecule has 1 aliphatic heterocycles. The van der Waals surface area contributed by atoms with Gasteiger partial charge in [0.25, 0.3) is 0 Å². The summed E-state index contributed by atoms with van der Waals surface area (Å²) in [4.78, 5) is 14.5. The van der Waals surface area contributed by atoms with Crippen LogP contribution in [0.5, 0.6) is 0 Å². The predicted octanol–water partition coefficient (Wildman–Crippen LogP) is 5.16. The highest BCUT2D eigenvalue weighted by atomic mass is 35.5. The molecule has 2 aliphatic rings. The van der Waals surface area contributed by atoms with Crippen molar-refractivity contribution in [3.63, 3.8) is 0 Å². The van der Waals surface area contributed by atoms with Gasteiger partial charge in [-0.15, -0.1) is 0 Å².